The van der Waals surface area contributed by atoms with Crippen molar-refractivity contribution in [2.75, 3.05) is 19.6 Å². The number of piperidine rings is 1. The number of hydrogen-bond donors (Lipinski definition) is 1. The topological polar surface area (TPSA) is 53.4 Å². The largest absolute Gasteiger partial charge is 0.481 e. The molecule has 0 saturated carbocycles. The lowest BCUT2D eigenvalue weighted by atomic mass is 9.97. The lowest BCUT2D eigenvalue weighted by Crippen LogP contribution is -2.32. The first-order valence-electron chi connectivity index (χ1n) is 6.57. The van der Waals surface area contributed by atoms with E-state index in [0.717, 1.165) is 25.3 Å². The van der Waals surface area contributed by atoms with Gasteiger partial charge in [-0.1, -0.05) is 6.92 Å². The molecule has 1 saturated heterocycles. The molecule has 0 bridgehead atoms. The van der Waals surface area contributed by atoms with E-state index < -0.39 is 5.97 Å². The molecule has 2 heterocycles. The highest BCUT2D eigenvalue weighted by molar-refractivity contribution is 7.09. The molecule has 1 N–H and O–H groups in total. The Kier molecular flexibility index (Phi) is 4.72. The molecule has 5 heteroatoms. The van der Waals surface area contributed by atoms with Gasteiger partial charge in [0.1, 0.15) is 0 Å². The van der Waals surface area contributed by atoms with Gasteiger partial charge < -0.3 is 10.0 Å². The summed E-state index contributed by atoms with van der Waals surface area (Å²) in [7, 11) is 0. The van der Waals surface area contributed by atoms with Crippen LogP contribution in [0.4, 0.5) is 0 Å². The highest BCUT2D eigenvalue weighted by atomic mass is 32.1. The fourth-order valence-corrected chi connectivity index (χ4v) is 3.38. The first kappa shape index (κ1) is 13.5. The minimum Gasteiger partial charge on any atom is -0.481 e. The summed E-state index contributed by atoms with van der Waals surface area (Å²) in [4.78, 5) is 17.6. The van der Waals surface area contributed by atoms with E-state index in [2.05, 4.69) is 16.8 Å². The predicted molar refractivity (Wildman–Crippen MR) is 72.2 cm³/mol. The number of hydrogen-bond acceptors (Lipinski definition) is 4. The highest BCUT2D eigenvalue weighted by Crippen LogP contribution is 2.30. The lowest BCUT2D eigenvalue weighted by molar-refractivity contribution is -0.136. The van der Waals surface area contributed by atoms with Gasteiger partial charge in [0.15, 0.2) is 0 Å². The summed E-state index contributed by atoms with van der Waals surface area (Å²) in [5.41, 5.74) is 0.940. The van der Waals surface area contributed by atoms with E-state index in [1.807, 2.05) is 5.38 Å². The zero-order chi connectivity index (χ0) is 13.0. The zero-order valence-electron chi connectivity index (χ0n) is 10.8. The summed E-state index contributed by atoms with van der Waals surface area (Å²) >= 11 is 1.69. The van der Waals surface area contributed by atoms with Crippen molar-refractivity contribution < 1.29 is 9.90 Å². The molecule has 4 nitrogen and oxygen atoms in total. The average molecular weight is 268 g/mol. The molecule has 1 aliphatic rings. The molecular weight excluding hydrogens is 248 g/mol. The van der Waals surface area contributed by atoms with Crippen molar-refractivity contribution in [2.45, 2.75) is 38.5 Å². The molecule has 0 radical (unpaired) electrons. The van der Waals surface area contributed by atoms with Crippen LogP contribution in [0.15, 0.2) is 5.38 Å². The summed E-state index contributed by atoms with van der Waals surface area (Å²) < 4.78 is 0. The van der Waals surface area contributed by atoms with Gasteiger partial charge in [-0.05, 0) is 32.5 Å². The number of rotatable bonds is 5. The smallest absolute Gasteiger partial charge is 0.303 e. The third-order valence-electron chi connectivity index (χ3n) is 3.55. The predicted octanol–water partition coefficient (Wildman–Crippen LogP) is 2.36. The SMILES string of the molecule is CCN1CCC(c2nc(CCC(=O)O)cs2)CC1. The fraction of sp³-hybridized carbons (Fsp3) is 0.692. The van der Waals surface area contributed by atoms with E-state index in [-0.39, 0.29) is 6.42 Å². The molecule has 1 aliphatic heterocycles. The van der Waals surface area contributed by atoms with Crippen molar-refractivity contribution in [2.24, 2.45) is 0 Å². The highest BCUT2D eigenvalue weighted by Gasteiger charge is 2.22. The molecule has 1 aromatic rings. The van der Waals surface area contributed by atoms with Crippen LogP contribution in [0.1, 0.15) is 42.8 Å². The molecule has 0 amide bonds. The van der Waals surface area contributed by atoms with Crippen LogP contribution < -0.4 is 0 Å². The molecule has 18 heavy (non-hydrogen) atoms. The summed E-state index contributed by atoms with van der Waals surface area (Å²) in [6.07, 6.45) is 3.09. The minimum absolute atomic E-state index is 0.178. The van der Waals surface area contributed by atoms with E-state index in [9.17, 15) is 4.79 Å². The van der Waals surface area contributed by atoms with Gasteiger partial charge in [-0.3, -0.25) is 4.79 Å². The van der Waals surface area contributed by atoms with Crippen molar-refractivity contribution in [3.8, 4) is 0 Å². The first-order valence-corrected chi connectivity index (χ1v) is 7.45. The second-order valence-electron chi connectivity index (χ2n) is 4.78. The number of aromatic nitrogens is 1. The molecule has 0 aromatic carbocycles. The third kappa shape index (κ3) is 3.53. The molecule has 0 atom stereocenters. The summed E-state index contributed by atoms with van der Waals surface area (Å²) in [6.45, 7) is 5.65. The minimum atomic E-state index is -0.749. The van der Waals surface area contributed by atoms with Crippen LogP contribution in [0.2, 0.25) is 0 Å². The van der Waals surface area contributed by atoms with Gasteiger partial charge in [0.05, 0.1) is 17.1 Å². The van der Waals surface area contributed by atoms with Crippen LogP contribution >= 0.6 is 11.3 Å². The van der Waals surface area contributed by atoms with E-state index in [1.54, 1.807) is 11.3 Å². The Balaban J connectivity index is 1.88. The number of nitrogens with zero attached hydrogens (tertiary/aromatic N) is 2. The Morgan fingerprint density at radius 3 is 2.89 bits per heavy atom. The van der Waals surface area contributed by atoms with E-state index in [1.165, 1.54) is 17.8 Å². The second kappa shape index (κ2) is 6.29. The number of carboxylic acids is 1. The number of thiazole rings is 1. The molecule has 1 aromatic heterocycles. The molecule has 0 unspecified atom stereocenters. The van der Waals surface area contributed by atoms with Crippen LogP contribution in [-0.4, -0.2) is 40.6 Å². The van der Waals surface area contributed by atoms with Gasteiger partial charge in [0.25, 0.3) is 0 Å². The number of carbonyl (C=O) groups is 1. The first-order chi connectivity index (χ1) is 8.69. The van der Waals surface area contributed by atoms with Gasteiger partial charge in [-0.2, -0.15) is 0 Å². The summed E-state index contributed by atoms with van der Waals surface area (Å²) in [5.74, 6) is -0.169. The maximum Gasteiger partial charge on any atom is 0.303 e. The second-order valence-corrected chi connectivity index (χ2v) is 5.67. The molecule has 1 fully saturated rings. The Bertz CT molecular complexity index is 397. The van der Waals surface area contributed by atoms with Crippen molar-refractivity contribution >= 4 is 17.3 Å². The summed E-state index contributed by atoms with van der Waals surface area (Å²) in [6, 6.07) is 0. The van der Waals surface area contributed by atoms with Gasteiger partial charge in [-0.15, -0.1) is 11.3 Å². The lowest BCUT2D eigenvalue weighted by Gasteiger charge is -2.29. The average Bonchev–Trinajstić information content (AvgIpc) is 2.85. The van der Waals surface area contributed by atoms with E-state index in [4.69, 9.17) is 5.11 Å². The van der Waals surface area contributed by atoms with Crippen LogP contribution in [0.3, 0.4) is 0 Å². The van der Waals surface area contributed by atoms with Gasteiger partial charge >= 0.3 is 5.97 Å². The number of aliphatic carboxylic acids is 1. The molecule has 0 spiro atoms. The molecular formula is C13H20N2O2S. The van der Waals surface area contributed by atoms with Gasteiger partial charge in [0.2, 0.25) is 0 Å². The monoisotopic (exact) mass is 268 g/mol. The van der Waals surface area contributed by atoms with Crippen LogP contribution in [0, 0.1) is 0 Å². The van der Waals surface area contributed by atoms with Crippen LogP contribution in [0.25, 0.3) is 0 Å². The standard InChI is InChI=1S/C13H20N2O2S/c1-2-15-7-5-10(6-8-15)13-14-11(9-18-13)3-4-12(16)17/h9-10H,2-8H2,1H3,(H,16,17). The van der Waals surface area contributed by atoms with Crippen LogP contribution in [0.5, 0.6) is 0 Å². The molecule has 100 valence electrons. The number of carboxylic acid groups (broad SMARTS) is 1. The Labute approximate surface area is 112 Å². The van der Waals surface area contributed by atoms with Crippen molar-refractivity contribution in [1.82, 2.24) is 9.88 Å². The van der Waals surface area contributed by atoms with E-state index >= 15 is 0 Å². The number of aryl methyl sites for hydroxylation is 1. The summed E-state index contributed by atoms with van der Waals surface area (Å²) in [5, 5.41) is 11.9. The third-order valence-corrected chi connectivity index (χ3v) is 4.60. The molecule has 0 aliphatic carbocycles. The normalized spacial score (nSPS) is 18.1. The van der Waals surface area contributed by atoms with Crippen molar-refractivity contribution in [1.29, 1.82) is 0 Å². The fourth-order valence-electron chi connectivity index (χ4n) is 2.36. The zero-order valence-corrected chi connectivity index (χ0v) is 11.6. The maximum absolute atomic E-state index is 10.5. The maximum atomic E-state index is 10.5. The Morgan fingerprint density at radius 1 is 1.56 bits per heavy atom. The van der Waals surface area contributed by atoms with Crippen molar-refractivity contribution in [3.63, 3.8) is 0 Å². The van der Waals surface area contributed by atoms with Crippen LogP contribution in [-0.2, 0) is 11.2 Å². The Hall–Kier alpha value is -0.940. The molecule has 2 rings (SSSR count). The van der Waals surface area contributed by atoms with Gasteiger partial charge in [0, 0.05) is 17.7 Å². The van der Waals surface area contributed by atoms with Crippen molar-refractivity contribution in [3.05, 3.63) is 16.1 Å². The van der Waals surface area contributed by atoms with E-state index in [0.29, 0.717) is 12.3 Å². The Morgan fingerprint density at radius 2 is 2.28 bits per heavy atom. The number of likely N-dealkylation sites (tertiary alicyclic amines) is 1. The quantitative estimate of drug-likeness (QED) is 0.890. The van der Waals surface area contributed by atoms with Gasteiger partial charge in [-0.25, -0.2) is 4.98 Å².